The molecule has 1 saturated heterocycles. The molecular formula is C69H10IN. The van der Waals surface area contributed by atoms with Crippen molar-refractivity contribution in [2.75, 3.05) is 13.6 Å². The van der Waals surface area contributed by atoms with E-state index < -0.39 is 0 Å². The first kappa shape index (κ1) is 27.1. The van der Waals surface area contributed by atoms with Crippen LogP contribution >= 0.6 is 22.6 Å². The summed E-state index contributed by atoms with van der Waals surface area (Å²) in [5, 5.41) is 90.6. The molecule has 34 rings (SSSR count). The van der Waals surface area contributed by atoms with Gasteiger partial charge in [0.15, 0.2) is 0 Å². The molecule has 1 fully saturated rings. The van der Waals surface area contributed by atoms with Crippen molar-refractivity contribution in [1.29, 1.82) is 0 Å². The Kier molecular flexibility index (Phi) is 2.35. The average Bonchev–Trinajstić information content (AvgIpc) is 4.33. The van der Waals surface area contributed by atoms with E-state index in [1.165, 1.54) is 9.13 Å². The van der Waals surface area contributed by atoms with Crippen LogP contribution in [0.4, 0.5) is 0 Å². The average molecular weight is 980 g/mol. The summed E-state index contributed by atoms with van der Waals surface area (Å²) in [5.41, 5.74) is 8.11. The van der Waals surface area contributed by atoms with E-state index in [4.69, 9.17) is 0 Å². The van der Waals surface area contributed by atoms with Gasteiger partial charge in [-0.1, -0.05) is 12.1 Å². The van der Waals surface area contributed by atoms with E-state index in [-0.39, 0.29) is 16.9 Å². The number of hydrogen-bond acceptors (Lipinski definition) is 1. The topological polar surface area (TPSA) is 3.24 Å². The molecule has 4 aliphatic carbocycles. The van der Waals surface area contributed by atoms with Crippen LogP contribution in [0, 0.1) is 3.57 Å². The standard InChI is InChI=1S/C69H10IN/c1-71-6-68-63-55-47-37-27-19-11-9-10-13-17-15(11)23-31-25(17)35-29-21(13)22-14(10)18-16-12(9)20(19)28-34-24(16)32-26(18)36-30(22)40-39(29)51-45(35)53-43(31)49(41(47)33(23)27)57(63)59(53)65-61(51)62-52(40)46(36)54-44(32)50-42(34)48(38(28)37)56(55)64(68)58(50)60(54)66(62)69(65,68)67(71)7-2-4-8(70)5-3-7/h2-5,67H,6H2,1H3. The molecule has 71 heavy (non-hydrogen) atoms. The van der Waals surface area contributed by atoms with Crippen LogP contribution in [0.25, 0.3) is 291 Å². The van der Waals surface area contributed by atoms with Crippen LogP contribution < -0.4 is 0 Å². The third kappa shape index (κ3) is 1.46. The molecule has 0 aromatic heterocycles. The molecule has 1 unspecified atom stereocenters. The molecule has 5 aliphatic rings. The molecule has 0 bridgehead atoms. The van der Waals surface area contributed by atoms with E-state index in [0.717, 1.165) is 6.54 Å². The van der Waals surface area contributed by atoms with Crippen LogP contribution in [0.2, 0.25) is 0 Å². The molecule has 29 aromatic rings. The van der Waals surface area contributed by atoms with Gasteiger partial charge in [-0.2, -0.15) is 0 Å². The summed E-state index contributed by atoms with van der Waals surface area (Å²) >= 11 is 2.57. The zero-order valence-electron chi connectivity index (χ0n) is 36.4. The second-order valence-electron chi connectivity index (χ2n) is 26.3. The number of likely N-dealkylation sites (N-methyl/N-ethyl adjacent to an activating group) is 1. The molecule has 29 aromatic carbocycles. The van der Waals surface area contributed by atoms with E-state index in [1.54, 1.807) is 313 Å². The number of halogens is 1. The number of nitrogens with zero attached hydrogens (tertiary/aromatic N) is 1. The van der Waals surface area contributed by atoms with Gasteiger partial charge >= 0.3 is 0 Å². The van der Waals surface area contributed by atoms with Crippen LogP contribution in [0.1, 0.15) is 33.9 Å². The van der Waals surface area contributed by atoms with E-state index >= 15 is 0 Å². The minimum Gasteiger partial charge on any atom is -0.297 e. The normalized spacial score (nSPS) is 23.8. The van der Waals surface area contributed by atoms with Gasteiger partial charge in [-0.25, -0.2) is 0 Å². The second-order valence-corrected chi connectivity index (χ2v) is 27.6. The molecule has 2 spiro atoms. The Balaban J connectivity index is 1.17. The summed E-state index contributed by atoms with van der Waals surface area (Å²) < 4.78 is 1.33. The Labute approximate surface area is 401 Å². The number of likely N-dealkylation sites (tertiary alicyclic amines) is 1. The Morgan fingerprint density at radius 1 is 0.282 bits per heavy atom. The van der Waals surface area contributed by atoms with Crippen LogP contribution in [-0.2, 0) is 10.8 Å². The number of hydrogen-bond donors (Lipinski definition) is 0. The summed E-state index contributed by atoms with van der Waals surface area (Å²) in [5.74, 6) is 0. The van der Waals surface area contributed by atoms with Gasteiger partial charge < -0.3 is 0 Å². The first-order valence-corrected chi connectivity index (χ1v) is 27.5. The Morgan fingerprint density at radius 2 is 0.465 bits per heavy atom. The maximum Gasteiger partial charge on any atom is 0.0575 e. The van der Waals surface area contributed by atoms with Gasteiger partial charge in [-0.3, -0.25) is 4.90 Å². The smallest absolute Gasteiger partial charge is 0.0575 e. The zero-order valence-corrected chi connectivity index (χ0v) is 38.6. The fourth-order valence-corrected chi connectivity index (χ4v) is 26.6. The molecule has 0 radical (unpaired) electrons. The summed E-state index contributed by atoms with van der Waals surface area (Å²) in [6, 6.07) is 10.2. The molecule has 0 amide bonds. The monoisotopic (exact) mass is 979 g/mol. The summed E-state index contributed by atoms with van der Waals surface area (Å²) in [4.78, 5) is 2.95. The van der Waals surface area contributed by atoms with Crippen molar-refractivity contribution in [3.63, 3.8) is 0 Å². The first-order valence-electron chi connectivity index (χ1n) is 26.5. The predicted molar refractivity (Wildman–Crippen MR) is 308 cm³/mol. The van der Waals surface area contributed by atoms with Gasteiger partial charge in [0.05, 0.1) is 10.8 Å². The fraction of sp³-hybridized carbons (Fsp3) is 0.0725. The minimum atomic E-state index is -0.292. The van der Waals surface area contributed by atoms with Gasteiger partial charge in [0.25, 0.3) is 0 Å². The van der Waals surface area contributed by atoms with E-state index in [0.29, 0.717) is 0 Å². The third-order valence-electron chi connectivity index (χ3n) is 26.1. The predicted octanol–water partition coefficient (Wildman–Crippen LogP) is 18.6. The summed E-state index contributed by atoms with van der Waals surface area (Å²) in [6.45, 7) is 1.05. The van der Waals surface area contributed by atoms with Crippen molar-refractivity contribution < 1.29 is 0 Å². The second kappa shape index (κ2) is 6.15. The Hall–Kier alpha value is -7.63. The van der Waals surface area contributed by atoms with Gasteiger partial charge in [0, 0.05) is 16.2 Å². The minimum absolute atomic E-state index is 0.190. The van der Waals surface area contributed by atoms with Gasteiger partial charge in [-0.05, 0) is 360 Å². The molecule has 0 saturated carbocycles. The third-order valence-corrected chi connectivity index (χ3v) is 26.8. The van der Waals surface area contributed by atoms with Crippen molar-refractivity contribution in [2.45, 2.75) is 16.9 Å². The van der Waals surface area contributed by atoms with Crippen molar-refractivity contribution in [3.8, 4) is 0 Å². The van der Waals surface area contributed by atoms with Crippen molar-refractivity contribution >= 4 is 313 Å². The van der Waals surface area contributed by atoms with Gasteiger partial charge in [0.2, 0.25) is 0 Å². The van der Waals surface area contributed by atoms with Crippen LogP contribution in [0.15, 0.2) is 24.3 Å². The molecule has 1 atom stereocenters. The maximum atomic E-state index is 2.95. The lowest BCUT2D eigenvalue weighted by Gasteiger charge is -2.52. The highest BCUT2D eigenvalue weighted by atomic mass is 127. The highest BCUT2D eigenvalue weighted by molar-refractivity contribution is 14.1. The first-order chi connectivity index (χ1) is 35.2. The number of rotatable bonds is 1. The van der Waals surface area contributed by atoms with Crippen LogP contribution in [-0.4, -0.2) is 18.5 Å². The van der Waals surface area contributed by atoms with Crippen LogP contribution in [0.3, 0.4) is 0 Å². The van der Waals surface area contributed by atoms with E-state index in [9.17, 15) is 0 Å². The SMILES string of the molecule is CN1CC23c4c5c6c7c8c9c(c%10c%11c2c2c4c4c%12c5c5c6c6c8c8c%13c9c9c%10c%10c%11c%11c2c2c4c4c%12c%12c5c5c6c8c6c8c%13c9c9c%10c%10c%11c2c2c4c4c%12c5c6c5c8c9c%10c2c45)C73C1c1ccc(I)cc1. The lowest BCUT2D eigenvalue weighted by Crippen LogP contribution is -2.51. The molecule has 298 valence electrons. The fourth-order valence-electron chi connectivity index (χ4n) is 26.2. The molecular weight excluding hydrogens is 970 g/mol. The largest absolute Gasteiger partial charge is 0.297 e. The summed E-state index contributed by atoms with van der Waals surface area (Å²) in [7, 11) is 2.58. The lowest BCUT2D eigenvalue weighted by molar-refractivity contribution is 0.271. The highest BCUT2D eigenvalue weighted by Crippen LogP contribution is 2.87. The molecule has 1 heterocycles. The lowest BCUT2D eigenvalue weighted by atomic mass is 9.47. The quantitative estimate of drug-likeness (QED) is 0.117. The summed E-state index contributed by atoms with van der Waals surface area (Å²) in [6.07, 6.45) is 0. The van der Waals surface area contributed by atoms with E-state index in [2.05, 4.69) is 58.8 Å². The maximum absolute atomic E-state index is 2.95. The molecule has 1 aliphatic heterocycles. The van der Waals surface area contributed by atoms with Gasteiger partial charge in [0.1, 0.15) is 0 Å². The van der Waals surface area contributed by atoms with Crippen molar-refractivity contribution in [2.24, 2.45) is 0 Å². The molecule has 1 nitrogen and oxygen atoms in total. The van der Waals surface area contributed by atoms with E-state index in [1.807, 2.05) is 0 Å². The number of benzene rings is 19. The van der Waals surface area contributed by atoms with Crippen LogP contribution in [0.5, 0.6) is 0 Å². The Morgan fingerprint density at radius 3 is 0.676 bits per heavy atom. The molecule has 0 N–H and O–H groups in total. The van der Waals surface area contributed by atoms with Crippen molar-refractivity contribution in [1.82, 2.24) is 4.90 Å². The van der Waals surface area contributed by atoms with Crippen molar-refractivity contribution in [3.05, 3.63) is 55.7 Å². The highest BCUT2D eigenvalue weighted by Gasteiger charge is 2.75. The van der Waals surface area contributed by atoms with Gasteiger partial charge in [-0.15, -0.1) is 0 Å². The molecule has 2 heteroatoms. The zero-order chi connectivity index (χ0) is 42.3. The Bertz CT molecular complexity index is 7230.